The molecule has 0 saturated heterocycles. The molecule has 0 fully saturated rings. The van der Waals surface area contributed by atoms with Crippen LogP contribution in [0.4, 0.5) is 17.1 Å². The summed E-state index contributed by atoms with van der Waals surface area (Å²) in [6.07, 6.45) is 2.29. The summed E-state index contributed by atoms with van der Waals surface area (Å²) < 4.78 is 1.22. The van der Waals surface area contributed by atoms with Crippen molar-refractivity contribution in [2.24, 2.45) is 0 Å². The van der Waals surface area contributed by atoms with Crippen LogP contribution in [-0.4, -0.2) is 26.5 Å². The highest BCUT2D eigenvalue weighted by molar-refractivity contribution is 5.94. The highest BCUT2D eigenvalue weighted by Crippen LogP contribution is 2.17. The molecule has 0 saturated carbocycles. The number of carbonyl (C=O) groups excluding carboxylic acids is 2. The second-order valence-electron chi connectivity index (χ2n) is 4.86. The summed E-state index contributed by atoms with van der Waals surface area (Å²) in [6, 6.07) is 5.88. The second kappa shape index (κ2) is 6.69. The maximum atomic E-state index is 12.1. The molecule has 2 amide bonds. The normalized spacial score (nSPS) is 11.6. The van der Waals surface area contributed by atoms with E-state index in [0.29, 0.717) is 11.4 Å². The largest absolute Gasteiger partial charge is 0.326 e. The quantitative estimate of drug-likeness (QED) is 0.645. The van der Waals surface area contributed by atoms with E-state index >= 15 is 0 Å². The predicted octanol–water partition coefficient (Wildman–Crippen LogP) is 1.95. The van der Waals surface area contributed by atoms with Gasteiger partial charge in [0, 0.05) is 18.3 Å². The van der Waals surface area contributed by atoms with Crippen molar-refractivity contribution >= 4 is 28.9 Å². The third kappa shape index (κ3) is 4.13. The highest BCUT2D eigenvalue weighted by Gasteiger charge is 2.19. The minimum atomic E-state index is -0.710. The Balaban J connectivity index is 2.02. The van der Waals surface area contributed by atoms with Gasteiger partial charge in [0.1, 0.15) is 18.4 Å². The molecule has 0 radical (unpaired) electrons. The Kier molecular flexibility index (Phi) is 4.69. The van der Waals surface area contributed by atoms with E-state index in [0.717, 1.165) is 6.20 Å². The number of hydrogen-bond acceptors (Lipinski definition) is 5. The molecule has 1 atom stereocenters. The molecule has 23 heavy (non-hydrogen) atoms. The molecule has 0 unspecified atom stereocenters. The zero-order chi connectivity index (χ0) is 17.0. The lowest BCUT2D eigenvalue weighted by molar-refractivity contribution is -0.385. The van der Waals surface area contributed by atoms with E-state index in [9.17, 15) is 19.7 Å². The third-order valence-corrected chi connectivity index (χ3v) is 3.05. The molecule has 0 aliphatic carbocycles. The van der Waals surface area contributed by atoms with Gasteiger partial charge in [0.05, 0.1) is 4.92 Å². The zero-order valence-electron chi connectivity index (χ0n) is 12.5. The predicted molar refractivity (Wildman–Crippen MR) is 83.0 cm³/mol. The van der Waals surface area contributed by atoms with E-state index in [-0.39, 0.29) is 17.5 Å². The van der Waals surface area contributed by atoms with Crippen LogP contribution in [0.5, 0.6) is 0 Å². The molecule has 1 aromatic carbocycles. The van der Waals surface area contributed by atoms with Crippen molar-refractivity contribution in [3.8, 4) is 0 Å². The number of nitro groups is 1. The molecule has 0 bridgehead atoms. The van der Waals surface area contributed by atoms with Crippen LogP contribution in [0, 0.1) is 10.1 Å². The maximum absolute atomic E-state index is 12.1. The lowest BCUT2D eigenvalue weighted by Crippen LogP contribution is -2.24. The van der Waals surface area contributed by atoms with Crippen LogP contribution in [0.1, 0.15) is 19.9 Å². The molecular formula is C14H15N5O4. The van der Waals surface area contributed by atoms with Crippen LogP contribution >= 0.6 is 0 Å². The van der Waals surface area contributed by atoms with Gasteiger partial charge < -0.3 is 10.6 Å². The molecule has 9 nitrogen and oxygen atoms in total. The van der Waals surface area contributed by atoms with Crippen LogP contribution in [0.2, 0.25) is 0 Å². The van der Waals surface area contributed by atoms with Crippen LogP contribution < -0.4 is 10.6 Å². The van der Waals surface area contributed by atoms with Crippen molar-refractivity contribution in [2.75, 3.05) is 10.6 Å². The summed E-state index contributed by atoms with van der Waals surface area (Å²) in [7, 11) is 0. The Bertz CT molecular complexity index is 738. The van der Waals surface area contributed by atoms with Gasteiger partial charge in [-0.05, 0) is 31.2 Å². The number of nitrogens with one attached hydrogen (secondary N) is 2. The van der Waals surface area contributed by atoms with E-state index < -0.39 is 11.0 Å². The van der Waals surface area contributed by atoms with Gasteiger partial charge in [0.2, 0.25) is 11.8 Å². The Morgan fingerprint density at radius 2 is 1.78 bits per heavy atom. The molecule has 2 aromatic rings. The summed E-state index contributed by atoms with van der Waals surface area (Å²) in [5.41, 5.74) is 0.980. The minimum Gasteiger partial charge on any atom is -0.326 e. The fourth-order valence-corrected chi connectivity index (χ4v) is 1.84. The minimum absolute atomic E-state index is 0.177. The van der Waals surface area contributed by atoms with Gasteiger partial charge in [-0.25, -0.2) is 0 Å². The molecule has 9 heteroatoms. The Hall–Kier alpha value is -3.23. The fraction of sp³-hybridized carbons (Fsp3) is 0.214. The molecule has 0 spiro atoms. The number of nitrogens with zero attached hydrogens (tertiary/aromatic N) is 3. The van der Waals surface area contributed by atoms with Gasteiger partial charge in [-0.2, -0.15) is 5.10 Å². The lowest BCUT2D eigenvalue weighted by atomic mass is 10.2. The number of rotatable bonds is 5. The number of carbonyl (C=O) groups is 2. The smallest absolute Gasteiger partial charge is 0.307 e. The summed E-state index contributed by atoms with van der Waals surface area (Å²) in [6.45, 7) is 2.98. The van der Waals surface area contributed by atoms with Crippen molar-refractivity contribution in [3.63, 3.8) is 0 Å². The first-order valence-electron chi connectivity index (χ1n) is 6.74. The van der Waals surface area contributed by atoms with E-state index in [1.165, 1.54) is 17.8 Å². The SMILES string of the molecule is CC(=O)Nc1ccc(NC(=O)[C@@H](C)n2cc([N+](=O)[O-])cn2)cc1. The van der Waals surface area contributed by atoms with Crippen molar-refractivity contribution in [3.05, 3.63) is 46.8 Å². The van der Waals surface area contributed by atoms with Gasteiger partial charge >= 0.3 is 5.69 Å². The summed E-state index contributed by atoms with van der Waals surface area (Å²) in [4.78, 5) is 33.1. The van der Waals surface area contributed by atoms with Crippen LogP contribution in [-0.2, 0) is 9.59 Å². The van der Waals surface area contributed by atoms with Gasteiger partial charge in [-0.1, -0.05) is 0 Å². The van der Waals surface area contributed by atoms with E-state index in [1.54, 1.807) is 31.2 Å². The average Bonchev–Trinajstić information content (AvgIpc) is 2.98. The van der Waals surface area contributed by atoms with E-state index in [4.69, 9.17) is 0 Å². The number of aromatic nitrogens is 2. The molecule has 120 valence electrons. The first-order valence-corrected chi connectivity index (χ1v) is 6.74. The molecule has 0 aliphatic rings. The zero-order valence-corrected chi connectivity index (χ0v) is 12.5. The number of hydrogen-bond donors (Lipinski definition) is 2. The van der Waals surface area contributed by atoms with Crippen molar-refractivity contribution < 1.29 is 14.5 Å². The Morgan fingerprint density at radius 3 is 2.26 bits per heavy atom. The maximum Gasteiger partial charge on any atom is 0.307 e. The van der Waals surface area contributed by atoms with E-state index in [1.807, 2.05) is 0 Å². The molecule has 2 N–H and O–H groups in total. The Labute approximate surface area is 131 Å². The molecule has 1 heterocycles. The number of benzene rings is 1. The molecule has 2 rings (SSSR count). The third-order valence-electron chi connectivity index (χ3n) is 3.05. The number of anilines is 2. The first-order chi connectivity index (χ1) is 10.9. The van der Waals surface area contributed by atoms with Crippen molar-refractivity contribution in [2.45, 2.75) is 19.9 Å². The van der Waals surface area contributed by atoms with Crippen LogP contribution in [0.25, 0.3) is 0 Å². The van der Waals surface area contributed by atoms with Gasteiger partial charge in [-0.15, -0.1) is 0 Å². The summed E-state index contributed by atoms with van der Waals surface area (Å²) in [5, 5.41) is 19.7. The molecular weight excluding hydrogens is 302 g/mol. The van der Waals surface area contributed by atoms with Crippen molar-refractivity contribution in [1.82, 2.24) is 9.78 Å². The standard InChI is InChI=1S/C14H15N5O4/c1-9(18-8-13(7-15-18)19(22)23)14(21)17-12-5-3-11(4-6-12)16-10(2)20/h3-9H,1-2H3,(H,16,20)(H,17,21)/t9-/m1/s1. The van der Waals surface area contributed by atoms with Gasteiger partial charge in [0.15, 0.2) is 0 Å². The highest BCUT2D eigenvalue weighted by atomic mass is 16.6. The fourth-order valence-electron chi connectivity index (χ4n) is 1.84. The molecule has 0 aliphatic heterocycles. The first kappa shape index (κ1) is 16.1. The van der Waals surface area contributed by atoms with Gasteiger partial charge in [0.25, 0.3) is 0 Å². The molecule has 1 aromatic heterocycles. The van der Waals surface area contributed by atoms with E-state index in [2.05, 4.69) is 15.7 Å². The van der Waals surface area contributed by atoms with Gasteiger partial charge in [-0.3, -0.25) is 24.4 Å². The Morgan fingerprint density at radius 1 is 1.22 bits per heavy atom. The van der Waals surface area contributed by atoms with Crippen LogP contribution in [0.15, 0.2) is 36.7 Å². The van der Waals surface area contributed by atoms with Crippen LogP contribution in [0.3, 0.4) is 0 Å². The second-order valence-corrected chi connectivity index (χ2v) is 4.86. The lowest BCUT2D eigenvalue weighted by Gasteiger charge is -2.12. The summed E-state index contributed by atoms with van der Waals surface area (Å²) >= 11 is 0. The monoisotopic (exact) mass is 317 g/mol. The summed E-state index contributed by atoms with van der Waals surface area (Å²) in [5.74, 6) is -0.550. The average molecular weight is 317 g/mol. The topological polar surface area (TPSA) is 119 Å². The van der Waals surface area contributed by atoms with Crippen molar-refractivity contribution in [1.29, 1.82) is 0 Å². The number of amides is 2.